The fourth-order valence-electron chi connectivity index (χ4n) is 3.78. The van der Waals surface area contributed by atoms with Gasteiger partial charge in [-0.3, -0.25) is 0 Å². The van der Waals surface area contributed by atoms with Crippen molar-refractivity contribution in [3.05, 3.63) is 41.5 Å². The minimum absolute atomic E-state index is 0.0108. The Morgan fingerprint density at radius 1 is 1.38 bits per heavy atom. The van der Waals surface area contributed by atoms with Gasteiger partial charge in [-0.25, -0.2) is 4.79 Å². The number of para-hydroxylation sites is 1. The quantitative estimate of drug-likeness (QED) is 0.871. The molecular weight excluding hydrogens is 326 g/mol. The van der Waals surface area contributed by atoms with E-state index < -0.39 is 0 Å². The van der Waals surface area contributed by atoms with E-state index in [2.05, 4.69) is 54.5 Å². The third kappa shape index (κ3) is 3.59. The van der Waals surface area contributed by atoms with E-state index in [0.717, 1.165) is 43.7 Å². The highest BCUT2D eigenvalue weighted by atomic mass is 16.2. The average Bonchev–Trinajstić information content (AvgIpc) is 3.24. The molecule has 2 aromatic rings. The Hall–Kier alpha value is -2.37. The van der Waals surface area contributed by atoms with Crippen molar-refractivity contribution in [2.75, 3.05) is 11.9 Å². The van der Waals surface area contributed by atoms with Crippen molar-refractivity contribution in [1.82, 2.24) is 19.7 Å². The molecule has 0 aliphatic carbocycles. The first-order chi connectivity index (χ1) is 12.5. The Morgan fingerprint density at radius 2 is 2.19 bits per heavy atom. The summed E-state index contributed by atoms with van der Waals surface area (Å²) in [5, 5.41) is 11.4. The van der Waals surface area contributed by atoms with Crippen molar-refractivity contribution < 1.29 is 4.79 Å². The number of aromatic nitrogens is 3. The van der Waals surface area contributed by atoms with Gasteiger partial charge in [-0.15, -0.1) is 10.2 Å². The van der Waals surface area contributed by atoms with Crippen LogP contribution in [0.25, 0.3) is 0 Å². The van der Waals surface area contributed by atoms with E-state index >= 15 is 0 Å². The standard InChI is InChI=1S/C20H29N5O/c1-5-8-15-9-6-10-16(14(2)3)18(15)22-20(26)25-12-7-11-17(25)19-23-21-13-24(19)4/h6,9-10,13-14,17H,5,7-8,11-12H2,1-4H3,(H,22,26)/t17-/m0/s1. The van der Waals surface area contributed by atoms with Gasteiger partial charge in [0, 0.05) is 19.3 Å². The van der Waals surface area contributed by atoms with Gasteiger partial charge in [0.25, 0.3) is 0 Å². The normalized spacial score (nSPS) is 17.1. The molecule has 0 unspecified atom stereocenters. The van der Waals surface area contributed by atoms with Gasteiger partial charge in [-0.2, -0.15) is 0 Å². The van der Waals surface area contributed by atoms with Gasteiger partial charge in [-0.05, 0) is 36.3 Å². The van der Waals surface area contributed by atoms with Crippen LogP contribution in [0.5, 0.6) is 0 Å². The smallest absolute Gasteiger partial charge is 0.319 e. The highest BCUT2D eigenvalue weighted by Gasteiger charge is 2.33. The number of rotatable bonds is 5. The minimum atomic E-state index is -0.0408. The molecule has 1 fully saturated rings. The number of nitrogens with one attached hydrogen (secondary N) is 1. The number of hydrogen-bond acceptors (Lipinski definition) is 3. The molecule has 1 saturated heterocycles. The second kappa shape index (κ2) is 7.89. The Labute approximate surface area is 155 Å². The summed E-state index contributed by atoms with van der Waals surface area (Å²) >= 11 is 0. The van der Waals surface area contributed by atoms with E-state index in [1.54, 1.807) is 6.33 Å². The summed E-state index contributed by atoms with van der Waals surface area (Å²) in [6.07, 6.45) is 5.61. The van der Waals surface area contributed by atoms with Crippen molar-refractivity contribution in [1.29, 1.82) is 0 Å². The van der Waals surface area contributed by atoms with Crippen LogP contribution >= 0.6 is 0 Å². The van der Waals surface area contributed by atoms with Crippen LogP contribution in [0.4, 0.5) is 10.5 Å². The first kappa shape index (κ1) is 18.4. The summed E-state index contributed by atoms with van der Waals surface area (Å²) in [6, 6.07) is 6.27. The van der Waals surface area contributed by atoms with Crippen molar-refractivity contribution in [2.24, 2.45) is 7.05 Å². The fraction of sp³-hybridized carbons (Fsp3) is 0.550. The van der Waals surface area contributed by atoms with Crippen LogP contribution in [0, 0.1) is 0 Å². The zero-order valence-corrected chi connectivity index (χ0v) is 16.2. The topological polar surface area (TPSA) is 63.1 Å². The molecule has 0 saturated carbocycles. The molecule has 1 N–H and O–H groups in total. The van der Waals surface area contributed by atoms with Crippen LogP contribution in [0.2, 0.25) is 0 Å². The van der Waals surface area contributed by atoms with Gasteiger partial charge in [-0.1, -0.05) is 45.4 Å². The molecular formula is C20H29N5O. The van der Waals surface area contributed by atoms with E-state index in [4.69, 9.17) is 0 Å². The van der Waals surface area contributed by atoms with Gasteiger partial charge in [0.2, 0.25) is 0 Å². The molecule has 1 atom stereocenters. The molecule has 0 spiro atoms. The van der Waals surface area contributed by atoms with Crippen LogP contribution in [0.1, 0.15) is 68.9 Å². The second-order valence-electron chi connectivity index (χ2n) is 7.37. The molecule has 6 nitrogen and oxygen atoms in total. The lowest BCUT2D eigenvalue weighted by molar-refractivity contribution is 0.204. The number of nitrogens with zero attached hydrogens (tertiary/aromatic N) is 4. The number of urea groups is 1. The maximum Gasteiger partial charge on any atom is 0.322 e. The number of likely N-dealkylation sites (tertiary alicyclic amines) is 1. The number of amides is 2. The maximum absolute atomic E-state index is 13.1. The number of hydrogen-bond donors (Lipinski definition) is 1. The molecule has 2 heterocycles. The lowest BCUT2D eigenvalue weighted by Gasteiger charge is -2.26. The summed E-state index contributed by atoms with van der Waals surface area (Å²) in [6.45, 7) is 7.24. The SMILES string of the molecule is CCCc1cccc(C(C)C)c1NC(=O)N1CCC[C@H]1c1nncn1C. The molecule has 1 aromatic carbocycles. The molecule has 2 amide bonds. The zero-order valence-electron chi connectivity index (χ0n) is 16.2. The van der Waals surface area contributed by atoms with Crippen molar-refractivity contribution in [3.8, 4) is 0 Å². The summed E-state index contributed by atoms with van der Waals surface area (Å²) in [4.78, 5) is 15.0. The molecule has 1 aliphatic heterocycles. The molecule has 6 heteroatoms. The predicted molar refractivity (Wildman–Crippen MR) is 103 cm³/mol. The van der Waals surface area contributed by atoms with E-state index in [-0.39, 0.29) is 12.1 Å². The molecule has 26 heavy (non-hydrogen) atoms. The van der Waals surface area contributed by atoms with Crippen LogP contribution < -0.4 is 5.32 Å². The van der Waals surface area contributed by atoms with Gasteiger partial charge in [0.05, 0.1) is 6.04 Å². The van der Waals surface area contributed by atoms with Gasteiger partial charge < -0.3 is 14.8 Å². The summed E-state index contributed by atoms with van der Waals surface area (Å²) < 4.78 is 1.90. The minimum Gasteiger partial charge on any atom is -0.319 e. The van der Waals surface area contributed by atoms with Gasteiger partial charge in [0.1, 0.15) is 6.33 Å². The van der Waals surface area contributed by atoms with E-state index in [1.165, 1.54) is 11.1 Å². The Morgan fingerprint density at radius 3 is 2.85 bits per heavy atom. The van der Waals surface area contributed by atoms with E-state index in [9.17, 15) is 4.79 Å². The molecule has 3 rings (SSSR count). The highest BCUT2D eigenvalue weighted by molar-refractivity contribution is 5.91. The van der Waals surface area contributed by atoms with Gasteiger partial charge in [0.15, 0.2) is 5.82 Å². The van der Waals surface area contributed by atoms with E-state index in [0.29, 0.717) is 5.92 Å². The largest absolute Gasteiger partial charge is 0.322 e. The fourth-order valence-corrected chi connectivity index (χ4v) is 3.78. The Balaban J connectivity index is 1.86. The summed E-state index contributed by atoms with van der Waals surface area (Å²) in [7, 11) is 1.93. The molecule has 140 valence electrons. The van der Waals surface area contributed by atoms with Crippen LogP contribution in [-0.4, -0.2) is 32.2 Å². The predicted octanol–water partition coefficient (Wildman–Crippen LogP) is 4.26. The first-order valence-corrected chi connectivity index (χ1v) is 9.56. The maximum atomic E-state index is 13.1. The average molecular weight is 355 g/mol. The first-order valence-electron chi connectivity index (χ1n) is 9.56. The van der Waals surface area contributed by atoms with Crippen molar-refractivity contribution in [2.45, 2.75) is 58.4 Å². The number of anilines is 1. The second-order valence-corrected chi connectivity index (χ2v) is 7.37. The third-order valence-electron chi connectivity index (χ3n) is 5.11. The van der Waals surface area contributed by atoms with E-state index in [1.807, 2.05) is 16.5 Å². The van der Waals surface area contributed by atoms with Crippen molar-refractivity contribution in [3.63, 3.8) is 0 Å². The summed E-state index contributed by atoms with van der Waals surface area (Å²) in [5.41, 5.74) is 3.39. The molecule has 0 bridgehead atoms. The number of aryl methyl sites for hydroxylation is 2. The number of carbonyl (C=O) groups is 1. The Bertz CT molecular complexity index is 767. The highest BCUT2D eigenvalue weighted by Crippen LogP contribution is 2.33. The van der Waals surface area contributed by atoms with Crippen LogP contribution in [0.15, 0.2) is 24.5 Å². The molecule has 1 aromatic heterocycles. The van der Waals surface area contributed by atoms with Crippen LogP contribution in [-0.2, 0) is 13.5 Å². The molecule has 1 aliphatic rings. The Kier molecular flexibility index (Phi) is 5.59. The zero-order chi connectivity index (χ0) is 18.7. The molecule has 0 radical (unpaired) electrons. The number of carbonyl (C=O) groups excluding carboxylic acids is 1. The van der Waals surface area contributed by atoms with Crippen LogP contribution in [0.3, 0.4) is 0 Å². The summed E-state index contributed by atoms with van der Waals surface area (Å²) in [5.74, 6) is 1.21. The third-order valence-corrected chi connectivity index (χ3v) is 5.11. The van der Waals surface area contributed by atoms with Gasteiger partial charge >= 0.3 is 6.03 Å². The monoisotopic (exact) mass is 355 g/mol. The van der Waals surface area contributed by atoms with Crippen molar-refractivity contribution >= 4 is 11.7 Å². The lowest BCUT2D eigenvalue weighted by atomic mass is 9.96. The lowest BCUT2D eigenvalue weighted by Crippen LogP contribution is -2.36. The number of benzene rings is 1.